The molecule has 0 bridgehead atoms. The summed E-state index contributed by atoms with van der Waals surface area (Å²) >= 11 is 0. The van der Waals surface area contributed by atoms with E-state index in [1.54, 1.807) is 37.3 Å². The van der Waals surface area contributed by atoms with E-state index in [1.165, 1.54) is 10.4 Å². The van der Waals surface area contributed by atoms with E-state index in [2.05, 4.69) is 15.6 Å². The molecule has 9 nitrogen and oxygen atoms in total. The van der Waals surface area contributed by atoms with Crippen molar-refractivity contribution in [3.63, 3.8) is 0 Å². The average molecular weight is 461 g/mol. The molecule has 4 rings (SSSR count). The second-order valence-corrected chi connectivity index (χ2v) is 9.80. The van der Waals surface area contributed by atoms with Crippen molar-refractivity contribution in [3.8, 4) is 0 Å². The third-order valence-corrected chi connectivity index (χ3v) is 7.41. The average Bonchev–Trinajstić information content (AvgIpc) is 3.32. The number of amides is 1. The Morgan fingerprint density at radius 3 is 2.69 bits per heavy atom. The van der Waals surface area contributed by atoms with Gasteiger partial charge in [0, 0.05) is 31.9 Å². The highest BCUT2D eigenvalue weighted by molar-refractivity contribution is 7.89. The van der Waals surface area contributed by atoms with E-state index in [9.17, 15) is 13.2 Å². The Hall–Kier alpha value is -2.53. The highest BCUT2D eigenvalue weighted by Gasteiger charge is 2.27. The number of nitrogens with zero attached hydrogens (tertiary/aromatic N) is 2. The minimum Gasteiger partial charge on any atom is -0.381 e. The van der Waals surface area contributed by atoms with Gasteiger partial charge >= 0.3 is 0 Å². The number of aryl methyl sites for hydroxylation is 1. The van der Waals surface area contributed by atoms with Gasteiger partial charge < -0.3 is 20.1 Å². The van der Waals surface area contributed by atoms with Gasteiger partial charge in [-0.25, -0.2) is 13.4 Å². The number of nitrogens with one attached hydrogen (secondary N) is 2. The highest BCUT2D eigenvalue weighted by Crippen LogP contribution is 2.29. The van der Waals surface area contributed by atoms with Gasteiger partial charge in [0.2, 0.25) is 10.0 Å². The first-order valence-electron chi connectivity index (χ1n) is 10.8. The van der Waals surface area contributed by atoms with Gasteiger partial charge in [-0.15, -0.1) is 0 Å². The first-order chi connectivity index (χ1) is 15.4. The summed E-state index contributed by atoms with van der Waals surface area (Å²) in [5.41, 5.74) is 1.99. The predicted octanol–water partition coefficient (Wildman–Crippen LogP) is 2.25. The van der Waals surface area contributed by atoms with Gasteiger partial charge in [-0.2, -0.15) is 4.31 Å². The Kier molecular flexibility index (Phi) is 7.04. The molecule has 32 heavy (non-hydrogen) atoms. The quantitative estimate of drug-likeness (QED) is 0.652. The third-order valence-electron chi connectivity index (χ3n) is 5.51. The van der Waals surface area contributed by atoms with E-state index in [0.29, 0.717) is 44.2 Å². The van der Waals surface area contributed by atoms with Crippen molar-refractivity contribution < 1.29 is 22.7 Å². The first kappa shape index (κ1) is 22.7. The van der Waals surface area contributed by atoms with Gasteiger partial charge in [0.05, 0.1) is 35.6 Å². The molecule has 10 heteroatoms. The smallest absolute Gasteiger partial charge is 0.274 e. The predicted molar refractivity (Wildman–Crippen MR) is 120 cm³/mol. The first-order valence-corrected chi connectivity index (χ1v) is 12.2. The lowest BCUT2D eigenvalue weighted by atomic mass is 10.2. The van der Waals surface area contributed by atoms with Gasteiger partial charge in [-0.3, -0.25) is 4.79 Å². The molecular weight excluding hydrogens is 432 g/mol. The van der Waals surface area contributed by atoms with E-state index >= 15 is 0 Å². The van der Waals surface area contributed by atoms with Crippen molar-refractivity contribution in [1.29, 1.82) is 0 Å². The molecule has 1 aromatic carbocycles. The molecule has 2 saturated heterocycles. The van der Waals surface area contributed by atoms with Crippen LogP contribution >= 0.6 is 0 Å². The van der Waals surface area contributed by atoms with Crippen LogP contribution in [-0.2, 0) is 19.5 Å². The number of hydrogen-bond donors (Lipinski definition) is 2. The SMILES string of the molecule is Cc1cccc(C(=O)Nc2cc(S(=O)(=O)N3CCOCC3)ccc2NCC2CCCO2)n1. The normalized spacial score (nSPS) is 19.6. The van der Waals surface area contributed by atoms with Crippen molar-refractivity contribution in [2.75, 3.05) is 50.1 Å². The van der Waals surface area contributed by atoms with Crippen molar-refractivity contribution in [3.05, 3.63) is 47.8 Å². The molecule has 3 heterocycles. The summed E-state index contributed by atoms with van der Waals surface area (Å²) in [7, 11) is -3.71. The summed E-state index contributed by atoms with van der Waals surface area (Å²) in [6.45, 7) is 4.45. The van der Waals surface area contributed by atoms with Crippen LogP contribution in [0.15, 0.2) is 41.3 Å². The van der Waals surface area contributed by atoms with E-state index in [-0.39, 0.29) is 16.7 Å². The summed E-state index contributed by atoms with van der Waals surface area (Å²) < 4.78 is 38.6. The number of sulfonamides is 1. The minimum absolute atomic E-state index is 0.0914. The molecule has 1 unspecified atom stereocenters. The molecule has 0 aliphatic carbocycles. The molecule has 1 atom stereocenters. The lowest BCUT2D eigenvalue weighted by Crippen LogP contribution is -2.40. The molecule has 2 aromatic rings. The fourth-order valence-corrected chi connectivity index (χ4v) is 5.20. The second kappa shape index (κ2) is 9.95. The lowest BCUT2D eigenvalue weighted by molar-refractivity contribution is 0.0730. The molecule has 1 aromatic heterocycles. The molecule has 2 N–H and O–H groups in total. The van der Waals surface area contributed by atoms with Gasteiger partial charge in [0.25, 0.3) is 5.91 Å². The zero-order chi connectivity index (χ0) is 22.6. The molecule has 0 saturated carbocycles. The summed E-state index contributed by atoms with van der Waals surface area (Å²) in [4.78, 5) is 17.2. The fraction of sp³-hybridized carbons (Fsp3) is 0.455. The van der Waals surface area contributed by atoms with Gasteiger partial charge in [-0.1, -0.05) is 6.07 Å². The number of morpholine rings is 1. The van der Waals surface area contributed by atoms with Crippen molar-refractivity contribution in [2.24, 2.45) is 0 Å². The fourth-order valence-electron chi connectivity index (χ4n) is 3.76. The van der Waals surface area contributed by atoms with Crippen molar-refractivity contribution in [1.82, 2.24) is 9.29 Å². The van der Waals surface area contributed by atoms with Gasteiger partial charge in [0.15, 0.2) is 0 Å². The third kappa shape index (κ3) is 5.26. The Morgan fingerprint density at radius 2 is 1.97 bits per heavy atom. The maximum Gasteiger partial charge on any atom is 0.274 e. The molecule has 2 aliphatic rings. The number of benzene rings is 1. The molecule has 0 radical (unpaired) electrons. The van der Waals surface area contributed by atoms with Crippen LogP contribution in [0, 0.1) is 6.92 Å². The van der Waals surface area contributed by atoms with Crippen LogP contribution in [0.4, 0.5) is 11.4 Å². The molecule has 1 amide bonds. The Labute approximate surface area is 188 Å². The molecule has 172 valence electrons. The number of hydrogen-bond acceptors (Lipinski definition) is 7. The molecule has 0 spiro atoms. The molecular formula is C22H28N4O5S. The van der Waals surface area contributed by atoms with Crippen LogP contribution < -0.4 is 10.6 Å². The number of rotatable bonds is 7. The number of aromatic nitrogens is 1. The van der Waals surface area contributed by atoms with Crippen LogP contribution in [0.3, 0.4) is 0 Å². The highest BCUT2D eigenvalue weighted by atomic mass is 32.2. The summed E-state index contributed by atoms with van der Waals surface area (Å²) in [6.07, 6.45) is 2.07. The van der Waals surface area contributed by atoms with Gasteiger partial charge in [0.1, 0.15) is 5.69 Å². The van der Waals surface area contributed by atoms with Gasteiger partial charge in [-0.05, 0) is 50.1 Å². The molecule has 2 aliphatic heterocycles. The zero-order valence-electron chi connectivity index (χ0n) is 18.0. The summed E-state index contributed by atoms with van der Waals surface area (Å²) in [5.74, 6) is -0.408. The van der Waals surface area contributed by atoms with Crippen molar-refractivity contribution >= 4 is 27.3 Å². The summed E-state index contributed by atoms with van der Waals surface area (Å²) in [5, 5.41) is 6.13. The van der Waals surface area contributed by atoms with E-state index < -0.39 is 15.9 Å². The number of pyridine rings is 1. The topological polar surface area (TPSA) is 110 Å². The summed E-state index contributed by atoms with van der Waals surface area (Å²) in [6, 6.07) is 9.92. The largest absolute Gasteiger partial charge is 0.381 e. The lowest BCUT2D eigenvalue weighted by Gasteiger charge is -2.26. The Morgan fingerprint density at radius 1 is 1.16 bits per heavy atom. The van der Waals surface area contributed by atoms with E-state index in [0.717, 1.165) is 25.1 Å². The van der Waals surface area contributed by atoms with Crippen molar-refractivity contribution in [2.45, 2.75) is 30.8 Å². The standard InChI is InChI=1S/C22H28N4O5S/c1-16-4-2-6-20(24-16)22(27)25-21-14-18(32(28,29)26-9-12-30-13-10-26)7-8-19(21)23-15-17-5-3-11-31-17/h2,4,6-8,14,17,23H,3,5,9-13,15H2,1H3,(H,25,27). The monoisotopic (exact) mass is 460 g/mol. The van der Waals surface area contributed by atoms with Crippen LogP contribution in [0.5, 0.6) is 0 Å². The Balaban J connectivity index is 1.61. The number of carbonyl (C=O) groups is 1. The second-order valence-electron chi connectivity index (χ2n) is 7.86. The van der Waals surface area contributed by atoms with Crippen LogP contribution in [0.25, 0.3) is 0 Å². The number of ether oxygens (including phenoxy) is 2. The van der Waals surface area contributed by atoms with Crippen LogP contribution in [0.2, 0.25) is 0 Å². The maximum atomic E-state index is 13.1. The Bertz CT molecular complexity index is 1060. The van der Waals surface area contributed by atoms with E-state index in [1.807, 2.05) is 0 Å². The van der Waals surface area contributed by atoms with Crippen LogP contribution in [0.1, 0.15) is 29.0 Å². The zero-order valence-corrected chi connectivity index (χ0v) is 18.9. The maximum absolute atomic E-state index is 13.1. The van der Waals surface area contributed by atoms with Crippen LogP contribution in [-0.4, -0.2) is 69.2 Å². The van der Waals surface area contributed by atoms with E-state index in [4.69, 9.17) is 9.47 Å². The minimum atomic E-state index is -3.71. The number of carbonyl (C=O) groups excluding carboxylic acids is 1. The molecule has 2 fully saturated rings. The number of anilines is 2.